The first-order valence-electron chi connectivity index (χ1n) is 12.2. The fourth-order valence-corrected chi connectivity index (χ4v) is 5.09. The number of H-pyrrole nitrogens is 1. The minimum absolute atomic E-state index is 0.169. The molecule has 3 heterocycles. The van der Waals surface area contributed by atoms with Crippen molar-refractivity contribution >= 4 is 28.2 Å². The van der Waals surface area contributed by atoms with Crippen LogP contribution in [0, 0.1) is 6.92 Å². The van der Waals surface area contributed by atoms with Crippen molar-refractivity contribution in [2.24, 2.45) is 0 Å². The van der Waals surface area contributed by atoms with Gasteiger partial charge >= 0.3 is 0 Å². The van der Waals surface area contributed by atoms with E-state index in [-0.39, 0.29) is 5.56 Å². The second-order valence-corrected chi connectivity index (χ2v) is 9.55. The van der Waals surface area contributed by atoms with E-state index in [1.165, 1.54) is 5.56 Å². The fraction of sp³-hybridized carbons (Fsp3) is 0.385. The highest BCUT2D eigenvalue weighted by atomic mass is 35.5. The summed E-state index contributed by atoms with van der Waals surface area (Å²) in [5.41, 5.74) is 3.47. The largest absolute Gasteiger partial charge is 0.497 e. The fourth-order valence-electron chi connectivity index (χ4n) is 4.92. The van der Waals surface area contributed by atoms with Crippen LogP contribution in [0.1, 0.15) is 23.0 Å². The van der Waals surface area contributed by atoms with Crippen molar-refractivity contribution in [1.82, 2.24) is 30.1 Å². The molecule has 1 aliphatic heterocycles. The average molecular weight is 524 g/mol. The van der Waals surface area contributed by atoms with Crippen molar-refractivity contribution in [3.05, 3.63) is 74.8 Å². The molecule has 194 valence electrons. The molecule has 0 spiro atoms. The van der Waals surface area contributed by atoms with Gasteiger partial charge in [0.1, 0.15) is 11.8 Å². The predicted molar refractivity (Wildman–Crippen MR) is 143 cm³/mol. The van der Waals surface area contributed by atoms with Gasteiger partial charge in [0.05, 0.1) is 20.3 Å². The number of hydrogen-bond acceptors (Lipinski definition) is 8. The highest BCUT2D eigenvalue weighted by molar-refractivity contribution is 6.30. The highest BCUT2D eigenvalue weighted by Crippen LogP contribution is 2.31. The second kappa shape index (κ2) is 10.9. The van der Waals surface area contributed by atoms with Gasteiger partial charge in [-0.25, -0.2) is 4.68 Å². The third-order valence-electron chi connectivity index (χ3n) is 6.88. The predicted octanol–water partition coefficient (Wildman–Crippen LogP) is 3.04. The smallest absolute Gasteiger partial charge is 0.253 e. The molecule has 4 aromatic rings. The van der Waals surface area contributed by atoms with Gasteiger partial charge in [-0.1, -0.05) is 17.7 Å². The number of halogens is 1. The molecule has 2 aromatic heterocycles. The van der Waals surface area contributed by atoms with Gasteiger partial charge in [-0.05, 0) is 59.3 Å². The van der Waals surface area contributed by atoms with Crippen molar-refractivity contribution in [2.75, 3.05) is 51.9 Å². The van der Waals surface area contributed by atoms with E-state index in [1.54, 1.807) is 18.9 Å². The lowest BCUT2D eigenvalue weighted by molar-refractivity contribution is 0.171. The summed E-state index contributed by atoms with van der Waals surface area (Å²) in [6.07, 6.45) is 0. The molecule has 0 bridgehead atoms. The zero-order chi connectivity index (χ0) is 25.9. The summed E-state index contributed by atoms with van der Waals surface area (Å²) in [6, 6.07) is 13.0. The van der Waals surface area contributed by atoms with E-state index in [9.17, 15) is 4.79 Å². The van der Waals surface area contributed by atoms with Crippen LogP contribution in [0.4, 0.5) is 5.69 Å². The number of hydrogen-bond donors (Lipinski definition) is 1. The van der Waals surface area contributed by atoms with Gasteiger partial charge in [-0.2, -0.15) is 0 Å². The quantitative estimate of drug-likeness (QED) is 0.376. The monoisotopic (exact) mass is 523 g/mol. The number of anilines is 1. The van der Waals surface area contributed by atoms with Crippen LogP contribution in [0.15, 0.2) is 47.3 Å². The number of nitrogens with zero attached hydrogens (tertiary/aromatic N) is 6. The highest BCUT2D eigenvalue weighted by Gasteiger charge is 2.33. The zero-order valence-electron chi connectivity index (χ0n) is 21.1. The van der Waals surface area contributed by atoms with Gasteiger partial charge in [0, 0.05) is 60.5 Å². The first-order chi connectivity index (χ1) is 18.0. The molecule has 11 heteroatoms. The van der Waals surface area contributed by atoms with Crippen molar-refractivity contribution in [3.8, 4) is 5.75 Å². The molecule has 0 radical (unpaired) electrons. The molecule has 1 atom stereocenters. The van der Waals surface area contributed by atoms with E-state index in [0.717, 1.165) is 40.5 Å². The molecule has 1 aliphatic rings. The number of methoxy groups -OCH3 is 2. The summed E-state index contributed by atoms with van der Waals surface area (Å²) in [7, 11) is 3.27. The number of aryl methyl sites for hydroxylation is 1. The second-order valence-electron chi connectivity index (χ2n) is 9.12. The van der Waals surface area contributed by atoms with E-state index in [2.05, 4.69) is 37.2 Å². The molecule has 0 aliphatic carbocycles. The number of nitrogens with one attached hydrogen (secondary N) is 1. The maximum atomic E-state index is 13.4. The van der Waals surface area contributed by atoms with Crippen molar-refractivity contribution in [1.29, 1.82) is 0 Å². The number of pyridine rings is 1. The maximum Gasteiger partial charge on any atom is 0.253 e. The zero-order valence-corrected chi connectivity index (χ0v) is 21.9. The molecule has 10 nitrogen and oxygen atoms in total. The van der Waals surface area contributed by atoms with E-state index in [4.69, 9.17) is 21.1 Å². The number of tetrazole rings is 1. The molecule has 37 heavy (non-hydrogen) atoms. The van der Waals surface area contributed by atoms with Crippen LogP contribution in [0.3, 0.4) is 0 Å². The van der Waals surface area contributed by atoms with Crippen LogP contribution in [-0.4, -0.2) is 77.1 Å². The molecule has 0 saturated carbocycles. The Morgan fingerprint density at radius 2 is 1.89 bits per heavy atom. The summed E-state index contributed by atoms with van der Waals surface area (Å²) in [5.74, 6) is 1.33. The summed E-state index contributed by atoms with van der Waals surface area (Å²) >= 11 is 6.29. The van der Waals surface area contributed by atoms with Gasteiger partial charge in [-0.3, -0.25) is 9.69 Å². The topological polar surface area (TPSA) is 101 Å². The van der Waals surface area contributed by atoms with E-state index < -0.39 is 6.04 Å². The number of rotatable bonds is 8. The van der Waals surface area contributed by atoms with Gasteiger partial charge in [0.25, 0.3) is 5.56 Å². The normalized spacial score (nSPS) is 15.3. The van der Waals surface area contributed by atoms with Crippen LogP contribution >= 0.6 is 11.6 Å². The number of benzene rings is 2. The molecule has 0 amide bonds. The Labute approximate surface area is 219 Å². The number of aromatic amines is 1. The minimum atomic E-state index is -0.436. The Balaban J connectivity index is 1.53. The van der Waals surface area contributed by atoms with Gasteiger partial charge < -0.3 is 19.4 Å². The number of aromatic nitrogens is 5. The average Bonchev–Trinajstić information content (AvgIpc) is 3.37. The molecular formula is C26H30ClN7O3. The van der Waals surface area contributed by atoms with Gasteiger partial charge in [0.2, 0.25) is 0 Å². The van der Waals surface area contributed by atoms with Crippen LogP contribution in [-0.2, 0) is 11.3 Å². The lowest BCUT2D eigenvalue weighted by Crippen LogP contribution is -2.49. The minimum Gasteiger partial charge on any atom is -0.497 e. The van der Waals surface area contributed by atoms with Crippen LogP contribution in [0.2, 0.25) is 5.02 Å². The van der Waals surface area contributed by atoms with E-state index in [0.29, 0.717) is 37.6 Å². The number of ether oxygens (including phenoxy) is 2. The number of fused-ring (bicyclic) bond motifs is 1. The lowest BCUT2D eigenvalue weighted by atomic mass is 10.0. The van der Waals surface area contributed by atoms with Crippen molar-refractivity contribution in [3.63, 3.8) is 0 Å². The summed E-state index contributed by atoms with van der Waals surface area (Å²) < 4.78 is 12.4. The Morgan fingerprint density at radius 3 is 2.65 bits per heavy atom. The molecule has 1 N–H and O–H groups in total. The van der Waals surface area contributed by atoms with E-state index in [1.807, 2.05) is 42.5 Å². The summed E-state index contributed by atoms with van der Waals surface area (Å²) in [5, 5.41) is 14.1. The first-order valence-corrected chi connectivity index (χ1v) is 12.6. The third kappa shape index (κ3) is 5.18. The van der Waals surface area contributed by atoms with Crippen LogP contribution in [0.25, 0.3) is 10.9 Å². The van der Waals surface area contributed by atoms with E-state index >= 15 is 0 Å². The van der Waals surface area contributed by atoms with Crippen LogP contribution in [0.5, 0.6) is 5.75 Å². The Kier molecular flexibility index (Phi) is 7.40. The Hall–Kier alpha value is -3.47. The standard InChI is InChI=1S/C26H30ClN7O3/c1-17-4-5-19(27)16-23(17)32-8-10-33(11-9-32)24(25-29-30-31-34(25)12-13-36-2)21-15-18-14-20(37-3)6-7-22(18)28-26(21)35/h4-7,14-16,24H,8-13H2,1-3H3,(H,28,35)/t24-/m0/s1. The number of piperazine rings is 1. The first kappa shape index (κ1) is 25.2. The SMILES string of the molecule is COCCn1nnnc1[C@H](c1cc2cc(OC)ccc2[nH]c1=O)N1CCN(c2cc(Cl)ccc2C)CC1. The summed E-state index contributed by atoms with van der Waals surface area (Å²) in [6.45, 7) is 6.00. The maximum absolute atomic E-state index is 13.4. The Morgan fingerprint density at radius 1 is 1.08 bits per heavy atom. The molecule has 1 saturated heterocycles. The van der Waals surface area contributed by atoms with Gasteiger partial charge in [-0.15, -0.1) is 5.10 Å². The third-order valence-corrected chi connectivity index (χ3v) is 7.11. The molecular weight excluding hydrogens is 494 g/mol. The Bertz CT molecular complexity index is 1450. The molecule has 0 unspecified atom stereocenters. The molecule has 5 rings (SSSR count). The molecule has 2 aromatic carbocycles. The lowest BCUT2D eigenvalue weighted by Gasteiger charge is -2.40. The van der Waals surface area contributed by atoms with Crippen LogP contribution < -0.4 is 15.2 Å². The van der Waals surface area contributed by atoms with Gasteiger partial charge in [0.15, 0.2) is 5.82 Å². The van der Waals surface area contributed by atoms with Crippen molar-refractivity contribution in [2.45, 2.75) is 19.5 Å². The molecule has 1 fully saturated rings. The van der Waals surface area contributed by atoms with Crippen molar-refractivity contribution < 1.29 is 9.47 Å². The summed E-state index contributed by atoms with van der Waals surface area (Å²) in [4.78, 5) is 21.1.